The number of ether oxygens (including phenoxy) is 1. The van der Waals surface area contributed by atoms with Gasteiger partial charge in [-0.1, -0.05) is 29.8 Å². The van der Waals surface area contributed by atoms with Crippen LogP contribution in [0.4, 0.5) is 0 Å². The number of fused-ring (bicyclic) bond motifs is 1. The molecule has 1 heterocycles. The van der Waals surface area contributed by atoms with E-state index in [0.29, 0.717) is 16.3 Å². The second-order valence-electron chi connectivity index (χ2n) is 6.90. The minimum atomic E-state index is -1.45. The first-order valence-electron chi connectivity index (χ1n) is 9.32. The normalized spacial score (nSPS) is 11.6. The molecule has 0 saturated heterocycles. The Labute approximate surface area is 176 Å². The molecule has 1 atom stereocenters. The molecular weight excluding hydrogens is 404 g/mol. The van der Waals surface area contributed by atoms with Gasteiger partial charge in [-0.05, 0) is 36.6 Å². The van der Waals surface area contributed by atoms with Crippen LogP contribution in [0.25, 0.3) is 22.1 Å². The summed E-state index contributed by atoms with van der Waals surface area (Å²) in [5.74, 6) is -2.47. The van der Waals surface area contributed by atoms with E-state index in [-0.39, 0.29) is 11.5 Å². The van der Waals surface area contributed by atoms with Crippen LogP contribution in [0.3, 0.4) is 0 Å². The third-order valence-electron chi connectivity index (χ3n) is 4.47. The van der Waals surface area contributed by atoms with Gasteiger partial charge in [-0.25, -0.2) is 9.59 Å². The number of rotatable bonds is 8. The SMILES string of the molecule is Cc1ccc(OCC(=O)N[C@@H](CC(N)=O)C(=O)O)c(-c2cc3ccccc3c(=O)o2)c1. The molecule has 0 radical (unpaired) electrons. The molecule has 2 aromatic carbocycles. The van der Waals surface area contributed by atoms with Crippen LogP contribution in [0.5, 0.6) is 5.75 Å². The van der Waals surface area contributed by atoms with Crippen LogP contribution in [0.1, 0.15) is 12.0 Å². The summed E-state index contributed by atoms with van der Waals surface area (Å²) in [6, 6.07) is 12.3. The second-order valence-corrected chi connectivity index (χ2v) is 6.90. The number of aliphatic carboxylic acids is 1. The third-order valence-corrected chi connectivity index (χ3v) is 4.47. The maximum Gasteiger partial charge on any atom is 0.344 e. The number of hydrogen-bond acceptors (Lipinski definition) is 6. The monoisotopic (exact) mass is 424 g/mol. The standard InChI is InChI=1S/C22H20N2O7/c1-12-6-7-17(30-11-20(26)24-16(21(27)28)10-19(23)25)15(8-12)18-9-13-4-2-3-5-14(13)22(29)31-18/h2-9,16H,10-11H2,1H3,(H2,23,25)(H,24,26)(H,27,28)/t16-/m0/s1. The zero-order valence-corrected chi connectivity index (χ0v) is 16.6. The highest BCUT2D eigenvalue weighted by molar-refractivity contribution is 5.89. The van der Waals surface area contributed by atoms with Gasteiger partial charge in [-0.3, -0.25) is 9.59 Å². The summed E-state index contributed by atoms with van der Waals surface area (Å²) < 4.78 is 11.0. The van der Waals surface area contributed by atoms with Crippen LogP contribution in [-0.4, -0.2) is 35.5 Å². The van der Waals surface area contributed by atoms with Gasteiger partial charge in [0, 0.05) is 0 Å². The van der Waals surface area contributed by atoms with Gasteiger partial charge in [0.15, 0.2) is 6.61 Å². The predicted octanol–water partition coefficient (Wildman–Crippen LogP) is 1.59. The number of benzene rings is 2. The molecule has 0 aliphatic carbocycles. The molecule has 0 bridgehead atoms. The highest BCUT2D eigenvalue weighted by Gasteiger charge is 2.22. The van der Waals surface area contributed by atoms with Crippen molar-refractivity contribution in [2.75, 3.05) is 6.61 Å². The molecule has 0 unspecified atom stereocenters. The average molecular weight is 424 g/mol. The first-order chi connectivity index (χ1) is 14.7. The Kier molecular flexibility index (Phi) is 6.35. The zero-order chi connectivity index (χ0) is 22.5. The van der Waals surface area contributed by atoms with Crippen LogP contribution < -0.4 is 21.4 Å². The first-order valence-corrected chi connectivity index (χ1v) is 9.32. The zero-order valence-electron chi connectivity index (χ0n) is 16.6. The average Bonchev–Trinajstić information content (AvgIpc) is 2.72. The van der Waals surface area contributed by atoms with E-state index in [9.17, 15) is 19.2 Å². The van der Waals surface area contributed by atoms with E-state index >= 15 is 0 Å². The van der Waals surface area contributed by atoms with Crippen molar-refractivity contribution in [1.82, 2.24) is 5.32 Å². The van der Waals surface area contributed by atoms with Crippen molar-refractivity contribution in [3.05, 3.63) is 64.5 Å². The molecule has 2 amide bonds. The number of carbonyl (C=O) groups is 3. The number of carbonyl (C=O) groups excluding carboxylic acids is 2. The lowest BCUT2D eigenvalue weighted by Gasteiger charge is -2.15. The minimum Gasteiger partial charge on any atom is -0.483 e. The molecule has 0 saturated carbocycles. The van der Waals surface area contributed by atoms with Crippen LogP contribution in [0.15, 0.2) is 57.7 Å². The molecule has 3 aromatic rings. The molecular formula is C22H20N2O7. The lowest BCUT2D eigenvalue weighted by Crippen LogP contribution is -2.45. The molecule has 0 aliphatic heterocycles. The number of nitrogens with two attached hydrogens (primary N) is 1. The number of nitrogens with one attached hydrogen (secondary N) is 1. The summed E-state index contributed by atoms with van der Waals surface area (Å²) in [7, 11) is 0. The summed E-state index contributed by atoms with van der Waals surface area (Å²) in [6.45, 7) is 1.33. The number of aryl methyl sites for hydroxylation is 1. The molecule has 0 spiro atoms. The fourth-order valence-corrected chi connectivity index (χ4v) is 3.01. The maximum atomic E-state index is 12.3. The Morgan fingerprint density at radius 3 is 2.61 bits per heavy atom. The fraction of sp³-hybridized carbons (Fsp3) is 0.182. The third kappa shape index (κ3) is 5.27. The first kappa shape index (κ1) is 21.6. The number of hydrogen-bond donors (Lipinski definition) is 3. The van der Waals surface area contributed by atoms with E-state index in [2.05, 4.69) is 5.32 Å². The Morgan fingerprint density at radius 2 is 1.90 bits per heavy atom. The molecule has 4 N–H and O–H groups in total. The Bertz CT molecular complexity index is 1220. The van der Waals surface area contributed by atoms with Gasteiger partial charge < -0.3 is 25.3 Å². The molecule has 9 nitrogen and oxygen atoms in total. The van der Waals surface area contributed by atoms with Crippen molar-refractivity contribution in [2.24, 2.45) is 5.73 Å². The van der Waals surface area contributed by atoms with E-state index in [1.54, 1.807) is 48.5 Å². The predicted molar refractivity (Wildman–Crippen MR) is 112 cm³/mol. The molecule has 160 valence electrons. The van der Waals surface area contributed by atoms with Crippen molar-refractivity contribution in [3.63, 3.8) is 0 Å². The van der Waals surface area contributed by atoms with Gasteiger partial charge in [0.2, 0.25) is 5.91 Å². The van der Waals surface area contributed by atoms with E-state index in [0.717, 1.165) is 5.56 Å². The lowest BCUT2D eigenvalue weighted by atomic mass is 10.1. The van der Waals surface area contributed by atoms with Crippen LogP contribution in [0, 0.1) is 6.92 Å². The number of carboxylic acids is 1. The molecule has 0 aliphatic rings. The van der Waals surface area contributed by atoms with Crippen LogP contribution >= 0.6 is 0 Å². The topological polar surface area (TPSA) is 149 Å². The smallest absolute Gasteiger partial charge is 0.344 e. The highest BCUT2D eigenvalue weighted by atomic mass is 16.5. The Balaban J connectivity index is 1.84. The van der Waals surface area contributed by atoms with Crippen molar-refractivity contribution < 1.29 is 28.6 Å². The van der Waals surface area contributed by atoms with Crippen LogP contribution in [-0.2, 0) is 14.4 Å². The highest BCUT2D eigenvalue weighted by Crippen LogP contribution is 2.32. The van der Waals surface area contributed by atoms with Crippen molar-refractivity contribution in [1.29, 1.82) is 0 Å². The molecule has 1 aromatic heterocycles. The molecule has 31 heavy (non-hydrogen) atoms. The van der Waals surface area contributed by atoms with Gasteiger partial charge in [0.25, 0.3) is 5.91 Å². The minimum absolute atomic E-state index is 0.264. The second kappa shape index (κ2) is 9.12. The Morgan fingerprint density at radius 1 is 1.16 bits per heavy atom. The summed E-state index contributed by atoms with van der Waals surface area (Å²) in [5.41, 5.74) is 5.83. The summed E-state index contributed by atoms with van der Waals surface area (Å²) in [5, 5.41) is 12.4. The van der Waals surface area contributed by atoms with Gasteiger partial charge in [-0.15, -0.1) is 0 Å². The quantitative estimate of drug-likeness (QED) is 0.497. The lowest BCUT2D eigenvalue weighted by molar-refractivity contribution is -0.143. The number of amides is 2. The van der Waals surface area contributed by atoms with E-state index in [1.807, 2.05) is 6.92 Å². The fourth-order valence-electron chi connectivity index (χ4n) is 3.01. The number of carboxylic acid groups (broad SMARTS) is 1. The van der Waals surface area contributed by atoms with E-state index < -0.39 is 42.5 Å². The maximum absolute atomic E-state index is 12.3. The summed E-state index contributed by atoms with van der Waals surface area (Å²) in [4.78, 5) is 46.6. The van der Waals surface area contributed by atoms with Gasteiger partial charge in [0.05, 0.1) is 17.4 Å². The largest absolute Gasteiger partial charge is 0.483 e. The molecule has 9 heteroatoms. The Hall–Kier alpha value is -4.14. The summed E-state index contributed by atoms with van der Waals surface area (Å²) >= 11 is 0. The van der Waals surface area contributed by atoms with Gasteiger partial charge in [0.1, 0.15) is 17.6 Å². The van der Waals surface area contributed by atoms with Crippen molar-refractivity contribution in [3.8, 4) is 17.1 Å². The van der Waals surface area contributed by atoms with Crippen molar-refractivity contribution in [2.45, 2.75) is 19.4 Å². The van der Waals surface area contributed by atoms with Gasteiger partial charge in [-0.2, -0.15) is 0 Å². The molecule has 0 fully saturated rings. The van der Waals surface area contributed by atoms with Crippen molar-refractivity contribution >= 4 is 28.6 Å². The van der Waals surface area contributed by atoms with Gasteiger partial charge >= 0.3 is 11.6 Å². The summed E-state index contributed by atoms with van der Waals surface area (Å²) in [6.07, 6.45) is -0.543. The molecule has 3 rings (SSSR count). The van der Waals surface area contributed by atoms with E-state index in [1.165, 1.54) is 0 Å². The van der Waals surface area contributed by atoms with Crippen LogP contribution in [0.2, 0.25) is 0 Å². The number of primary amides is 1. The van der Waals surface area contributed by atoms with E-state index in [4.69, 9.17) is 20.0 Å².